The van der Waals surface area contributed by atoms with Crippen LogP contribution in [0.3, 0.4) is 0 Å². The minimum Gasteiger partial charge on any atom is -0.482 e. The summed E-state index contributed by atoms with van der Waals surface area (Å²) in [6.07, 6.45) is 0. The van der Waals surface area contributed by atoms with E-state index < -0.39 is 0 Å². The molecule has 2 heterocycles. The number of halogens is 1. The molecule has 6 nitrogen and oxygen atoms in total. The van der Waals surface area contributed by atoms with Gasteiger partial charge in [0.15, 0.2) is 17.6 Å². The molecule has 0 radical (unpaired) electrons. The maximum absolute atomic E-state index is 12.3. The number of aromatic nitrogens is 3. The van der Waals surface area contributed by atoms with Crippen LogP contribution < -0.4 is 9.64 Å². The minimum absolute atomic E-state index is 0.0348. The zero-order valence-electron chi connectivity index (χ0n) is 14.6. The van der Waals surface area contributed by atoms with Gasteiger partial charge in [0.05, 0.1) is 12.2 Å². The first-order valence-electron chi connectivity index (χ1n) is 8.39. The van der Waals surface area contributed by atoms with E-state index in [0.717, 1.165) is 33.0 Å². The Hall–Kier alpha value is -2.51. The largest absolute Gasteiger partial charge is 0.482 e. The van der Waals surface area contributed by atoms with Crippen LogP contribution in [-0.2, 0) is 24.1 Å². The smallest absolute Gasteiger partial charge is 0.265 e. The number of nitrogens with zero attached hydrogens (tertiary/aromatic N) is 4. The van der Waals surface area contributed by atoms with Crippen LogP contribution in [0, 0.1) is 0 Å². The summed E-state index contributed by atoms with van der Waals surface area (Å²) in [5.74, 6) is 2.10. The van der Waals surface area contributed by atoms with Crippen molar-refractivity contribution in [3.63, 3.8) is 0 Å². The van der Waals surface area contributed by atoms with E-state index in [2.05, 4.69) is 10.2 Å². The summed E-state index contributed by atoms with van der Waals surface area (Å²) in [5.41, 5.74) is 1.92. The van der Waals surface area contributed by atoms with Crippen molar-refractivity contribution in [2.75, 3.05) is 11.5 Å². The molecule has 0 aliphatic carbocycles. The van der Waals surface area contributed by atoms with Gasteiger partial charge in [0.1, 0.15) is 5.75 Å². The molecule has 0 atom stereocenters. The quantitative estimate of drug-likeness (QED) is 0.611. The van der Waals surface area contributed by atoms with E-state index in [-0.39, 0.29) is 12.5 Å². The zero-order valence-corrected chi connectivity index (χ0v) is 16.2. The van der Waals surface area contributed by atoms with E-state index in [1.165, 1.54) is 0 Å². The van der Waals surface area contributed by atoms with Crippen LogP contribution in [0.5, 0.6) is 5.75 Å². The fourth-order valence-corrected chi connectivity index (χ4v) is 3.82. The van der Waals surface area contributed by atoms with Crippen molar-refractivity contribution < 1.29 is 9.53 Å². The third-order valence-electron chi connectivity index (χ3n) is 4.31. The summed E-state index contributed by atoms with van der Waals surface area (Å²) in [6.45, 7) is 0.386. The summed E-state index contributed by atoms with van der Waals surface area (Å²) in [6, 6.07) is 15.3. The van der Waals surface area contributed by atoms with Gasteiger partial charge in [-0.25, -0.2) is 0 Å². The first-order valence-corrected chi connectivity index (χ1v) is 9.76. The number of hydrogen-bond acceptors (Lipinski definition) is 5. The zero-order chi connectivity index (χ0) is 18.8. The van der Waals surface area contributed by atoms with Gasteiger partial charge in [-0.3, -0.25) is 9.69 Å². The Morgan fingerprint density at radius 2 is 1.93 bits per heavy atom. The van der Waals surface area contributed by atoms with Gasteiger partial charge >= 0.3 is 0 Å². The van der Waals surface area contributed by atoms with Crippen molar-refractivity contribution in [2.45, 2.75) is 17.5 Å². The minimum atomic E-state index is -0.0907. The number of anilines is 1. The topological polar surface area (TPSA) is 60.2 Å². The van der Waals surface area contributed by atoms with Crippen LogP contribution in [0.2, 0.25) is 5.02 Å². The number of thioether (sulfide) groups is 1. The third-order valence-corrected chi connectivity index (χ3v) is 5.66. The molecular formula is C19H17ClN4O2S. The molecule has 0 bridgehead atoms. The third kappa shape index (κ3) is 3.79. The van der Waals surface area contributed by atoms with Crippen LogP contribution in [0.15, 0.2) is 53.7 Å². The number of rotatable bonds is 5. The van der Waals surface area contributed by atoms with Crippen molar-refractivity contribution >= 4 is 35.0 Å². The van der Waals surface area contributed by atoms with Crippen molar-refractivity contribution in [1.29, 1.82) is 0 Å². The Bertz CT molecular complexity index is 974. The number of hydrogen-bond donors (Lipinski definition) is 0. The Kier molecular flexibility index (Phi) is 5.05. The standard InChI is InChI=1S/C19H17ClN4O2S/c1-23-17(10-24-15-4-2-3-5-16(15)26-11-18(24)25)21-22-19(23)27-12-13-6-8-14(20)9-7-13/h2-9H,10-12H2,1H3. The molecule has 4 rings (SSSR count). The van der Waals surface area contributed by atoms with Gasteiger partial charge in [0.25, 0.3) is 5.91 Å². The molecular weight excluding hydrogens is 384 g/mol. The van der Waals surface area contributed by atoms with Gasteiger partial charge in [0, 0.05) is 17.8 Å². The van der Waals surface area contributed by atoms with Gasteiger partial charge in [-0.1, -0.05) is 47.6 Å². The predicted molar refractivity (Wildman–Crippen MR) is 105 cm³/mol. The number of benzene rings is 2. The summed E-state index contributed by atoms with van der Waals surface area (Å²) in [5, 5.41) is 10.1. The highest BCUT2D eigenvalue weighted by atomic mass is 35.5. The molecule has 1 amide bonds. The lowest BCUT2D eigenvalue weighted by Gasteiger charge is -2.28. The van der Waals surface area contributed by atoms with E-state index in [1.54, 1.807) is 16.7 Å². The van der Waals surface area contributed by atoms with Crippen LogP contribution in [0.25, 0.3) is 0 Å². The molecule has 1 aromatic heterocycles. The number of para-hydroxylation sites is 2. The summed E-state index contributed by atoms with van der Waals surface area (Å²) < 4.78 is 7.41. The van der Waals surface area contributed by atoms with Crippen LogP contribution in [0.4, 0.5) is 5.69 Å². The summed E-state index contributed by atoms with van der Waals surface area (Å²) in [7, 11) is 1.91. The number of carbonyl (C=O) groups is 1. The molecule has 1 aliphatic rings. The maximum atomic E-state index is 12.3. The number of amides is 1. The second-order valence-corrected chi connectivity index (χ2v) is 7.49. The Morgan fingerprint density at radius 1 is 1.15 bits per heavy atom. The van der Waals surface area contributed by atoms with Crippen LogP contribution in [0.1, 0.15) is 11.4 Å². The predicted octanol–water partition coefficient (Wildman–Crippen LogP) is 3.69. The molecule has 138 valence electrons. The Morgan fingerprint density at radius 3 is 2.74 bits per heavy atom. The highest BCUT2D eigenvalue weighted by Crippen LogP contribution is 2.32. The SMILES string of the molecule is Cn1c(CN2C(=O)COc3ccccc32)nnc1SCc1ccc(Cl)cc1. The van der Waals surface area contributed by atoms with Gasteiger partial charge in [-0.2, -0.15) is 0 Å². The molecule has 0 unspecified atom stereocenters. The lowest BCUT2D eigenvalue weighted by molar-refractivity contribution is -0.121. The molecule has 0 saturated carbocycles. The van der Waals surface area contributed by atoms with Gasteiger partial charge in [-0.15, -0.1) is 10.2 Å². The normalized spacial score (nSPS) is 13.4. The molecule has 8 heteroatoms. The highest BCUT2D eigenvalue weighted by molar-refractivity contribution is 7.98. The average molecular weight is 401 g/mol. The fraction of sp³-hybridized carbons (Fsp3) is 0.211. The van der Waals surface area contributed by atoms with Gasteiger partial charge < -0.3 is 9.30 Å². The van der Waals surface area contributed by atoms with Crippen LogP contribution in [-0.4, -0.2) is 27.3 Å². The molecule has 3 aromatic rings. The van der Waals surface area contributed by atoms with E-state index in [4.69, 9.17) is 16.3 Å². The Balaban J connectivity index is 1.49. The van der Waals surface area contributed by atoms with E-state index in [1.807, 2.05) is 60.1 Å². The second-order valence-electron chi connectivity index (χ2n) is 6.11. The van der Waals surface area contributed by atoms with E-state index in [9.17, 15) is 4.79 Å². The molecule has 0 saturated heterocycles. The highest BCUT2D eigenvalue weighted by Gasteiger charge is 2.27. The maximum Gasteiger partial charge on any atom is 0.265 e. The lowest BCUT2D eigenvalue weighted by atomic mass is 10.2. The summed E-state index contributed by atoms with van der Waals surface area (Å²) >= 11 is 7.52. The van der Waals surface area contributed by atoms with Crippen LogP contribution >= 0.6 is 23.4 Å². The van der Waals surface area contributed by atoms with Gasteiger partial charge in [-0.05, 0) is 29.8 Å². The molecule has 0 N–H and O–H groups in total. The van der Waals surface area contributed by atoms with E-state index >= 15 is 0 Å². The number of fused-ring (bicyclic) bond motifs is 1. The van der Waals surface area contributed by atoms with E-state index in [0.29, 0.717) is 12.3 Å². The monoisotopic (exact) mass is 400 g/mol. The number of carbonyl (C=O) groups excluding carboxylic acids is 1. The van der Waals surface area contributed by atoms with Crippen molar-refractivity contribution in [3.05, 3.63) is 64.9 Å². The summed E-state index contributed by atoms with van der Waals surface area (Å²) in [4.78, 5) is 14.0. The molecule has 1 aliphatic heterocycles. The molecule has 0 fully saturated rings. The molecule has 27 heavy (non-hydrogen) atoms. The first-order chi connectivity index (χ1) is 13.1. The molecule has 2 aromatic carbocycles. The molecule has 0 spiro atoms. The Labute approximate surface area is 166 Å². The van der Waals surface area contributed by atoms with Crippen molar-refractivity contribution in [2.24, 2.45) is 7.05 Å². The lowest BCUT2D eigenvalue weighted by Crippen LogP contribution is -2.38. The average Bonchev–Trinajstić information content (AvgIpc) is 3.03. The fourth-order valence-electron chi connectivity index (χ4n) is 2.81. The number of ether oxygens (including phenoxy) is 1. The van der Waals surface area contributed by atoms with Crippen molar-refractivity contribution in [3.8, 4) is 5.75 Å². The van der Waals surface area contributed by atoms with Crippen molar-refractivity contribution in [1.82, 2.24) is 14.8 Å². The van der Waals surface area contributed by atoms with Gasteiger partial charge in [0.2, 0.25) is 0 Å². The second kappa shape index (κ2) is 7.62. The first kappa shape index (κ1) is 17.9.